The lowest BCUT2D eigenvalue weighted by atomic mass is 10.2. The zero-order valence-corrected chi connectivity index (χ0v) is 8.06. The van der Waals surface area contributed by atoms with E-state index in [4.69, 9.17) is 21.5 Å². The highest BCUT2D eigenvalue weighted by atomic mass is 35.5. The summed E-state index contributed by atoms with van der Waals surface area (Å²) in [6.07, 6.45) is 0. The number of nitrogens with zero attached hydrogens (tertiary/aromatic N) is 1. The lowest BCUT2D eigenvalue weighted by Crippen LogP contribution is -1.87. The van der Waals surface area contributed by atoms with E-state index in [1.54, 1.807) is 6.92 Å². The Kier molecular flexibility index (Phi) is 5.24. The molecule has 0 spiro atoms. The lowest BCUT2D eigenvalue weighted by Gasteiger charge is -1.95. The van der Waals surface area contributed by atoms with Crippen LogP contribution in [0, 0.1) is 17.0 Å². The van der Waals surface area contributed by atoms with Crippen LogP contribution in [-0.2, 0) is 4.79 Å². The number of rotatable bonds is 1. The highest BCUT2D eigenvalue weighted by molar-refractivity contribution is 6.31. The molecule has 1 aromatic rings. The summed E-state index contributed by atoms with van der Waals surface area (Å²) >= 11 is 5.66. The molecule has 5 nitrogen and oxygen atoms in total. The maximum absolute atomic E-state index is 10.2. The molecule has 0 amide bonds. The van der Waals surface area contributed by atoms with Crippen LogP contribution in [-0.4, -0.2) is 16.5 Å². The fourth-order valence-electron chi connectivity index (χ4n) is 0.742. The molecule has 0 heterocycles. The van der Waals surface area contributed by atoms with E-state index in [0.29, 0.717) is 5.02 Å². The summed E-state index contributed by atoms with van der Waals surface area (Å²) < 4.78 is 0. The molecule has 0 aliphatic carbocycles. The van der Waals surface area contributed by atoms with Gasteiger partial charge in [-0.15, -0.1) is 0 Å². The van der Waals surface area contributed by atoms with Crippen LogP contribution in [0.4, 0.5) is 5.69 Å². The van der Waals surface area contributed by atoms with Crippen molar-refractivity contribution in [3.8, 4) is 0 Å². The third kappa shape index (κ3) is 3.86. The van der Waals surface area contributed by atoms with Gasteiger partial charge in [0.2, 0.25) is 0 Å². The van der Waals surface area contributed by atoms with Gasteiger partial charge in [0.1, 0.15) is 0 Å². The van der Waals surface area contributed by atoms with Crippen molar-refractivity contribution in [1.82, 2.24) is 0 Å². The van der Waals surface area contributed by atoms with Crippen molar-refractivity contribution in [3.63, 3.8) is 0 Å². The number of nitro groups is 1. The molecule has 0 unspecified atom stereocenters. The first-order valence-electron chi connectivity index (χ1n) is 3.51. The summed E-state index contributed by atoms with van der Waals surface area (Å²) in [5, 5.41) is 17.7. The molecule has 14 heavy (non-hydrogen) atoms. The van der Waals surface area contributed by atoms with E-state index in [-0.39, 0.29) is 12.2 Å². The molecular weight excluding hydrogens is 210 g/mol. The second kappa shape index (κ2) is 5.93. The molecular formula is C8H8ClNO4. The van der Waals surface area contributed by atoms with Gasteiger partial charge in [0.05, 0.1) is 4.92 Å². The molecule has 0 saturated carbocycles. The molecule has 0 aliphatic heterocycles. The summed E-state index contributed by atoms with van der Waals surface area (Å²) in [7, 11) is 0. The Hall–Kier alpha value is -1.62. The summed E-state index contributed by atoms with van der Waals surface area (Å²) in [5.74, 6) is 0. The van der Waals surface area contributed by atoms with Crippen LogP contribution in [0.5, 0.6) is 0 Å². The first kappa shape index (κ1) is 12.4. The van der Waals surface area contributed by atoms with Gasteiger partial charge in [-0.05, 0) is 18.6 Å². The van der Waals surface area contributed by atoms with Crippen LogP contribution < -0.4 is 0 Å². The number of nitro benzene ring substituents is 1. The van der Waals surface area contributed by atoms with Crippen molar-refractivity contribution in [2.24, 2.45) is 0 Å². The van der Waals surface area contributed by atoms with Crippen molar-refractivity contribution in [1.29, 1.82) is 0 Å². The second-order valence-electron chi connectivity index (χ2n) is 2.30. The maximum Gasteiger partial charge on any atom is 0.290 e. The molecule has 0 bridgehead atoms. The lowest BCUT2D eigenvalue weighted by molar-refractivity contribution is -0.384. The van der Waals surface area contributed by atoms with Gasteiger partial charge in [-0.1, -0.05) is 11.6 Å². The minimum Gasteiger partial charge on any atom is -0.483 e. The Labute approximate surface area is 85.1 Å². The van der Waals surface area contributed by atoms with Gasteiger partial charge in [0.15, 0.2) is 0 Å². The molecule has 0 radical (unpaired) electrons. The van der Waals surface area contributed by atoms with E-state index >= 15 is 0 Å². The summed E-state index contributed by atoms with van der Waals surface area (Å²) in [6, 6.07) is 4.35. The van der Waals surface area contributed by atoms with Gasteiger partial charge < -0.3 is 5.11 Å². The number of hydrogen-bond acceptors (Lipinski definition) is 3. The van der Waals surface area contributed by atoms with Crippen LogP contribution in [0.1, 0.15) is 5.56 Å². The molecule has 1 N–H and O–H groups in total. The third-order valence-corrected chi connectivity index (χ3v) is 1.78. The fourth-order valence-corrected chi connectivity index (χ4v) is 0.860. The molecule has 0 saturated heterocycles. The molecule has 1 aromatic carbocycles. The number of hydrogen-bond donors (Lipinski definition) is 1. The first-order valence-corrected chi connectivity index (χ1v) is 3.89. The van der Waals surface area contributed by atoms with Gasteiger partial charge in [-0.2, -0.15) is 0 Å². The largest absolute Gasteiger partial charge is 0.483 e. The van der Waals surface area contributed by atoms with Gasteiger partial charge in [-0.3, -0.25) is 14.9 Å². The average Bonchev–Trinajstić information content (AvgIpc) is 2.10. The quantitative estimate of drug-likeness (QED) is 0.444. The van der Waals surface area contributed by atoms with Gasteiger partial charge in [-0.25, -0.2) is 0 Å². The molecule has 6 heteroatoms. The highest BCUT2D eigenvalue weighted by Crippen LogP contribution is 2.20. The van der Waals surface area contributed by atoms with Crippen LogP contribution in [0.25, 0.3) is 0 Å². The Balaban J connectivity index is 0.000000500. The summed E-state index contributed by atoms with van der Waals surface area (Å²) in [4.78, 5) is 18.1. The van der Waals surface area contributed by atoms with Crippen molar-refractivity contribution in [2.75, 3.05) is 0 Å². The SMILES string of the molecule is Cc1cc([N+](=O)[O-])ccc1Cl.O=CO. The Morgan fingerprint density at radius 3 is 2.43 bits per heavy atom. The standard InChI is InChI=1S/C7H6ClNO2.CH2O2/c1-5-4-6(9(10)11)2-3-7(5)8;2-1-3/h2-4H,1H3;1H,(H,2,3). The third-order valence-electron chi connectivity index (χ3n) is 1.35. The molecule has 0 aliphatic rings. The topological polar surface area (TPSA) is 80.4 Å². The van der Waals surface area contributed by atoms with Gasteiger partial charge >= 0.3 is 0 Å². The second-order valence-corrected chi connectivity index (χ2v) is 2.70. The molecule has 0 atom stereocenters. The van der Waals surface area contributed by atoms with Crippen molar-refractivity contribution >= 4 is 23.8 Å². The number of aryl methyl sites for hydroxylation is 1. The normalized spacial score (nSPS) is 8.43. The molecule has 0 fully saturated rings. The van der Waals surface area contributed by atoms with Crippen LogP contribution >= 0.6 is 11.6 Å². The summed E-state index contributed by atoms with van der Waals surface area (Å²) in [6.45, 7) is 1.48. The molecule has 76 valence electrons. The summed E-state index contributed by atoms with van der Waals surface area (Å²) in [5.41, 5.74) is 0.799. The average molecular weight is 218 g/mol. The number of benzene rings is 1. The zero-order valence-electron chi connectivity index (χ0n) is 7.31. The molecule has 1 rings (SSSR count). The minimum absolute atomic E-state index is 0.0758. The Morgan fingerprint density at radius 1 is 1.57 bits per heavy atom. The Bertz CT molecular complexity index is 340. The van der Waals surface area contributed by atoms with Crippen molar-refractivity contribution < 1.29 is 14.8 Å². The van der Waals surface area contributed by atoms with Crippen LogP contribution in [0.2, 0.25) is 5.02 Å². The fraction of sp³-hybridized carbons (Fsp3) is 0.125. The Morgan fingerprint density at radius 2 is 2.07 bits per heavy atom. The zero-order chi connectivity index (χ0) is 11.1. The maximum atomic E-state index is 10.2. The number of carbonyl (C=O) groups is 1. The highest BCUT2D eigenvalue weighted by Gasteiger charge is 2.05. The number of halogens is 1. The van der Waals surface area contributed by atoms with E-state index in [1.165, 1.54) is 18.2 Å². The first-order chi connectivity index (χ1) is 6.52. The number of carboxylic acid groups (broad SMARTS) is 1. The molecule has 0 aromatic heterocycles. The smallest absolute Gasteiger partial charge is 0.290 e. The van der Waals surface area contributed by atoms with Crippen LogP contribution in [0.15, 0.2) is 18.2 Å². The van der Waals surface area contributed by atoms with E-state index in [2.05, 4.69) is 0 Å². The predicted octanol–water partition coefficient (Wildman–Crippen LogP) is 2.26. The van der Waals surface area contributed by atoms with Crippen molar-refractivity contribution in [3.05, 3.63) is 38.9 Å². The van der Waals surface area contributed by atoms with E-state index in [0.717, 1.165) is 5.56 Å². The van der Waals surface area contributed by atoms with Gasteiger partial charge in [0.25, 0.3) is 12.2 Å². The van der Waals surface area contributed by atoms with E-state index in [9.17, 15) is 10.1 Å². The monoisotopic (exact) mass is 217 g/mol. The number of non-ortho nitro benzene ring substituents is 1. The minimum atomic E-state index is -0.441. The predicted molar refractivity (Wildman–Crippen MR) is 51.5 cm³/mol. The van der Waals surface area contributed by atoms with Crippen molar-refractivity contribution in [2.45, 2.75) is 6.92 Å². The van der Waals surface area contributed by atoms with E-state index < -0.39 is 4.92 Å². The van der Waals surface area contributed by atoms with Crippen LogP contribution in [0.3, 0.4) is 0 Å². The van der Waals surface area contributed by atoms with E-state index in [1.807, 2.05) is 0 Å². The van der Waals surface area contributed by atoms with Gasteiger partial charge in [0, 0.05) is 17.2 Å².